The third-order valence-corrected chi connectivity index (χ3v) is 4.20. The molecule has 1 aliphatic heterocycles. The van der Waals surface area contributed by atoms with Crippen molar-refractivity contribution >= 4 is 29.2 Å². The highest BCUT2D eigenvalue weighted by Gasteiger charge is 2.24. The van der Waals surface area contributed by atoms with Crippen LogP contribution >= 0.6 is 0 Å². The number of para-hydroxylation sites is 3. The van der Waals surface area contributed by atoms with E-state index in [4.69, 9.17) is 9.47 Å². The second kappa shape index (κ2) is 8.35. The quantitative estimate of drug-likeness (QED) is 0.793. The third kappa shape index (κ3) is 4.25. The van der Waals surface area contributed by atoms with E-state index in [0.29, 0.717) is 30.1 Å². The van der Waals surface area contributed by atoms with Crippen molar-refractivity contribution in [3.05, 3.63) is 54.1 Å². The predicted octanol–water partition coefficient (Wildman–Crippen LogP) is 2.62. The zero-order chi connectivity index (χ0) is 19.2. The van der Waals surface area contributed by atoms with Crippen LogP contribution in [0.1, 0.15) is 23.2 Å². The summed E-state index contributed by atoms with van der Waals surface area (Å²) in [4.78, 5) is 38.0. The average molecular weight is 368 g/mol. The van der Waals surface area contributed by atoms with Crippen molar-refractivity contribution in [1.29, 1.82) is 0 Å². The Morgan fingerprint density at radius 1 is 1.11 bits per heavy atom. The number of carbonyl (C=O) groups excluding carboxylic acids is 3. The maximum absolute atomic E-state index is 12.2. The second-order valence-electron chi connectivity index (χ2n) is 5.99. The van der Waals surface area contributed by atoms with Crippen LogP contribution in [0, 0.1) is 0 Å². The van der Waals surface area contributed by atoms with E-state index in [1.54, 1.807) is 53.4 Å². The second-order valence-corrected chi connectivity index (χ2v) is 5.99. The lowest BCUT2D eigenvalue weighted by Gasteiger charge is -2.20. The van der Waals surface area contributed by atoms with Crippen LogP contribution < -0.4 is 15.0 Å². The summed E-state index contributed by atoms with van der Waals surface area (Å²) >= 11 is 0. The first kappa shape index (κ1) is 18.4. The average Bonchev–Trinajstić information content (AvgIpc) is 3.12. The Bertz CT molecular complexity index is 865. The summed E-state index contributed by atoms with van der Waals surface area (Å²) < 4.78 is 10.2. The molecule has 7 nitrogen and oxygen atoms in total. The highest BCUT2D eigenvalue weighted by Crippen LogP contribution is 2.29. The molecule has 2 aromatic carbocycles. The summed E-state index contributed by atoms with van der Waals surface area (Å²) in [6.45, 7) is 0.174. The van der Waals surface area contributed by atoms with Crippen molar-refractivity contribution < 1.29 is 23.9 Å². The number of hydrogen-bond acceptors (Lipinski definition) is 5. The van der Waals surface area contributed by atoms with Crippen LogP contribution in [-0.2, 0) is 14.3 Å². The molecule has 7 heteroatoms. The van der Waals surface area contributed by atoms with Gasteiger partial charge >= 0.3 is 5.97 Å². The van der Waals surface area contributed by atoms with Crippen molar-refractivity contribution in [1.82, 2.24) is 0 Å². The Kier molecular flexibility index (Phi) is 5.71. The topological polar surface area (TPSA) is 84.9 Å². The highest BCUT2D eigenvalue weighted by molar-refractivity contribution is 6.03. The van der Waals surface area contributed by atoms with E-state index in [-0.39, 0.29) is 11.5 Å². The minimum Gasteiger partial charge on any atom is -0.496 e. The monoisotopic (exact) mass is 368 g/mol. The normalized spacial score (nSPS) is 13.4. The Morgan fingerprint density at radius 2 is 1.85 bits per heavy atom. The Morgan fingerprint density at radius 3 is 2.59 bits per heavy atom. The van der Waals surface area contributed by atoms with Crippen LogP contribution in [0.15, 0.2) is 48.5 Å². The number of nitrogens with one attached hydrogen (secondary N) is 1. The summed E-state index contributed by atoms with van der Waals surface area (Å²) in [6.07, 6.45) is 1.29. The van der Waals surface area contributed by atoms with Crippen molar-refractivity contribution in [2.24, 2.45) is 0 Å². The van der Waals surface area contributed by atoms with Gasteiger partial charge in [0.2, 0.25) is 5.91 Å². The standard InChI is InChI=1S/C20H20N2O5/c1-26-17-10-5-2-7-14(17)20(25)27-13-18(23)21-15-8-3-4-9-16(15)22-12-6-11-19(22)24/h2-5,7-10H,6,11-13H2,1H3,(H,21,23). The number of rotatable bonds is 6. The number of benzene rings is 2. The van der Waals surface area contributed by atoms with Gasteiger partial charge in [-0.15, -0.1) is 0 Å². The molecule has 1 fully saturated rings. The Hall–Kier alpha value is -3.35. The lowest BCUT2D eigenvalue weighted by Crippen LogP contribution is -2.27. The minimum absolute atomic E-state index is 0.0271. The van der Waals surface area contributed by atoms with Crippen LogP contribution in [0.4, 0.5) is 11.4 Å². The maximum Gasteiger partial charge on any atom is 0.342 e. The molecular formula is C20H20N2O5. The van der Waals surface area contributed by atoms with E-state index >= 15 is 0 Å². The number of methoxy groups -OCH3 is 1. The van der Waals surface area contributed by atoms with E-state index in [9.17, 15) is 14.4 Å². The molecule has 0 atom stereocenters. The van der Waals surface area contributed by atoms with Gasteiger partial charge in [-0.3, -0.25) is 9.59 Å². The molecule has 1 heterocycles. The molecule has 0 saturated carbocycles. The fraction of sp³-hybridized carbons (Fsp3) is 0.250. The fourth-order valence-electron chi connectivity index (χ4n) is 2.93. The van der Waals surface area contributed by atoms with Gasteiger partial charge in [0.25, 0.3) is 5.91 Å². The zero-order valence-electron chi connectivity index (χ0n) is 14.9. The largest absolute Gasteiger partial charge is 0.496 e. The van der Waals surface area contributed by atoms with Crippen molar-refractivity contribution in [3.63, 3.8) is 0 Å². The molecule has 1 N–H and O–H groups in total. The molecule has 2 aromatic rings. The first-order valence-electron chi connectivity index (χ1n) is 8.59. The smallest absolute Gasteiger partial charge is 0.342 e. The van der Waals surface area contributed by atoms with Gasteiger partial charge in [0, 0.05) is 13.0 Å². The van der Waals surface area contributed by atoms with E-state index in [1.165, 1.54) is 7.11 Å². The van der Waals surface area contributed by atoms with Gasteiger partial charge in [0.05, 0.1) is 18.5 Å². The van der Waals surface area contributed by atoms with Gasteiger partial charge < -0.3 is 19.7 Å². The van der Waals surface area contributed by atoms with Gasteiger partial charge in [-0.2, -0.15) is 0 Å². The van der Waals surface area contributed by atoms with Crippen LogP contribution in [0.2, 0.25) is 0 Å². The number of esters is 1. The molecule has 2 amide bonds. The summed E-state index contributed by atoms with van der Waals surface area (Å²) in [5.74, 6) is -0.733. The van der Waals surface area contributed by atoms with Crippen LogP contribution in [-0.4, -0.2) is 38.0 Å². The molecule has 140 valence electrons. The Balaban J connectivity index is 1.63. The molecule has 3 rings (SSSR count). The molecule has 0 unspecified atom stereocenters. The van der Waals surface area contributed by atoms with E-state index in [2.05, 4.69) is 5.32 Å². The third-order valence-electron chi connectivity index (χ3n) is 4.20. The first-order chi connectivity index (χ1) is 13.1. The molecule has 0 spiro atoms. The lowest BCUT2D eigenvalue weighted by molar-refractivity contribution is -0.119. The lowest BCUT2D eigenvalue weighted by atomic mass is 10.2. The Labute approximate surface area is 156 Å². The number of amides is 2. The fourth-order valence-corrected chi connectivity index (χ4v) is 2.93. The van der Waals surface area contributed by atoms with Gasteiger partial charge in [-0.1, -0.05) is 24.3 Å². The van der Waals surface area contributed by atoms with Crippen molar-refractivity contribution in [2.45, 2.75) is 12.8 Å². The maximum atomic E-state index is 12.2. The first-order valence-corrected chi connectivity index (χ1v) is 8.59. The van der Waals surface area contributed by atoms with Gasteiger partial charge in [-0.25, -0.2) is 4.79 Å². The molecular weight excluding hydrogens is 348 g/mol. The van der Waals surface area contributed by atoms with E-state index in [0.717, 1.165) is 6.42 Å². The molecule has 27 heavy (non-hydrogen) atoms. The van der Waals surface area contributed by atoms with Gasteiger partial charge in [0.1, 0.15) is 11.3 Å². The SMILES string of the molecule is COc1ccccc1C(=O)OCC(=O)Nc1ccccc1N1CCCC1=O. The molecule has 0 radical (unpaired) electrons. The van der Waals surface area contributed by atoms with Crippen LogP contribution in [0.25, 0.3) is 0 Å². The van der Waals surface area contributed by atoms with Gasteiger partial charge in [0.15, 0.2) is 6.61 Å². The number of nitrogens with zero attached hydrogens (tertiary/aromatic N) is 1. The van der Waals surface area contributed by atoms with Crippen molar-refractivity contribution in [2.75, 3.05) is 30.5 Å². The number of anilines is 2. The van der Waals surface area contributed by atoms with Crippen LogP contribution in [0.5, 0.6) is 5.75 Å². The van der Waals surface area contributed by atoms with E-state index < -0.39 is 18.5 Å². The number of ether oxygens (including phenoxy) is 2. The van der Waals surface area contributed by atoms with E-state index in [1.807, 2.05) is 0 Å². The molecule has 0 aromatic heterocycles. The highest BCUT2D eigenvalue weighted by atomic mass is 16.5. The molecule has 1 saturated heterocycles. The summed E-state index contributed by atoms with van der Waals surface area (Å²) in [7, 11) is 1.45. The number of hydrogen-bond donors (Lipinski definition) is 1. The number of carbonyl (C=O) groups is 3. The summed E-state index contributed by atoms with van der Waals surface area (Å²) in [5, 5.41) is 2.70. The molecule has 0 aliphatic carbocycles. The molecule has 0 bridgehead atoms. The zero-order valence-corrected chi connectivity index (χ0v) is 14.9. The summed E-state index contributed by atoms with van der Waals surface area (Å²) in [6, 6.07) is 13.7. The summed E-state index contributed by atoms with van der Waals surface area (Å²) in [5.41, 5.74) is 1.39. The minimum atomic E-state index is -0.648. The predicted molar refractivity (Wildman–Crippen MR) is 99.9 cm³/mol. The molecule has 1 aliphatic rings. The van der Waals surface area contributed by atoms with Gasteiger partial charge in [-0.05, 0) is 30.7 Å². The van der Waals surface area contributed by atoms with Crippen molar-refractivity contribution in [3.8, 4) is 5.75 Å². The van der Waals surface area contributed by atoms with Crippen LogP contribution in [0.3, 0.4) is 0 Å².